The predicted octanol–water partition coefficient (Wildman–Crippen LogP) is 0.856. The number of hydrogen-bond donors (Lipinski definition) is 1. The molecule has 0 aliphatic carbocycles. The lowest BCUT2D eigenvalue weighted by Gasteiger charge is -2.32. The highest BCUT2D eigenvalue weighted by molar-refractivity contribution is 4.81. The molecule has 11 heavy (non-hydrogen) atoms. The van der Waals surface area contributed by atoms with Crippen LogP contribution in [0.4, 0.5) is 0 Å². The number of hydrogen-bond acceptors (Lipinski definition) is 2. The molecule has 0 radical (unpaired) electrons. The van der Waals surface area contributed by atoms with E-state index in [-0.39, 0.29) is 4.65 Å². The van der Waals surface area contributed by atoms with Crippen molar-refractivity contribution in [1.29, 1.82) is 0 Å². The van der Waals surface area contributed by atoms with Gasteiger partial charge in [-0.15, -0.1) is 0 Å². The van der Waals surface area contributed by atoms with Gasteiger partial charge in [0.05, 0.1) is 20.6 Å². The van der Waals surface area contributed by atoms with Gasteiger partial charge >= 0.3 is 0 Å². The Balaban J connectivity index is 3.30. The Morgan fingerprint density at radius 3 is 2.45 bits per heavy atom. The van der Waals surface area contributed by atoms with Gasteiger partial charge in [-0.25, -0.2) is 0 Å². The lowest BCUT2D eigenvalue weighted by atomic mass is 10.3. The fourth-order valence-electron chi connectivity index (χ4n) is 0.682. The maximum absolute atomic E-state index is 11.0. The molecule has 0 rings (SSSR count). The van der Waals surface area contributed by atoms with Gasteiger partial charge in [-0.2, -0.15) is 0 Å². The Labute approximate surface area is 68.7 Å². The van der Waals surface area contributed by atoms with E-state index >= 15 is 0 Å². The Bertz CT molecular complexity index is 116. The number of likely N-dealkylation sites (N-methyl/N-ethyl adjacent to an activating group) is 1. The van der Waals surface area contributed by atoms with Crippen molar-refractivity contribution >= 4 is 0 Å². The van der Waals surface area contributed by atoms with Gasteiger partial charge < -0.3 is 15.6 Å². The quantitative estimate of drug-likeness (QED) is 0.279. The first-order valence-electron chi connectivity index (χ1n) is 3.95. The summed E-state index contributed by atoms with van der Waals surface area (Å²) in [4.78, 5) is 0. The maximum Gasteiger partial charge on any atom is 0.0966 e. The molecule has 0 aromatic rings. The molecule has 0 saturated carbocycles. The molecule has 0 aromatic heterocycles. The van der Waals surface area contributed by atoms with Gasteiger partial charge in [0, 0.05) is 0 Å². The van der Waals surface area contributed by atoms with Gasteiger partial charge in [-0.3, -0.25) is 0 Å². The number of quaternary nitrogens is 1. The fourth-order valence-corrected chi connectivity index (χ4v) is 0.682. The molecule has 0 aromatic carbocycles. The Hall–Kier alpha value is -0.380. The minimum atomic E-state index is -0.251. The molecule has 0 amide bonds. The molecule has 0 aliphatic heterocycles. The second kappa shape index (κ2) is 5.29. The van der Waals surface area contributed by atoms with Crippen molar-refractivity contribution in [2.75, 3.05) is 27.2 Å². The third-order valence-electron chi connectivity index (χ3n) is 1.29. The average Bonchev–Trinajstić information content (AvgIpc) is 1.85. The topological polar surface area (TPSA) is 49.1 Å². The predicted molar refractivity (Wildman–Crippen MR) is 47.8 cm³/mol. The summed E-state index contributed by atoms with van der Waals surface area (Å²) in [5.41, 5.74) is 5.30. The number of hydroxylamine groups is 3. The van der Waals surface area contributed by atoms with Crippen molar-refractivity contribution in [3.63, 3.8) is 0 Å². The number of allylic oxidation sites excluding steroid dienone is 1. The first-order valence-corrected chi connectivity index (χ1v) is 3.95. The highest BCUT2D eigenvalue weighted by Gasteiger charge is 1.94. The van der Waals surface area contributed by atoms with Crippen molar-refractivity contribution in [3.05, 3.63) is 17.4 Å². The van der Waals surface area contributed by atoms with E-state index in [9.17, 15) is 5.21 Å². The average molecular weight is 158 g/mol. The SMILES string of the molecule is C[N+](C)([O-])CC=CCCCN. The minimum absolute atomic E-state index is 0.251. The molecule has 0 fully saturated rings. The van der Waals surface area contributed by atoms with E-state index < -0.39 is 0 Å². The smallest absolute Gasteiger partial charge is 0.0966 e. The fraction of sp³-hybridized carbons (Fsp3) is 0.750. The normalized spacial score (nSPS) is 12.7. The van der Waals surface area contributed by atoms with E-state index in [1.807, 2.05) is 12.2 Å². The van der Waals surface area contributed by atoms with Gasteiger partial charge in [0.15, 0.2) is 0 Å². The van der Waals surface area contributed by atoms with Crippen LogP contribution in [-0.4, -0.2) is 31.8 Å². The van der Waals surface area contributed by atoms with Gasteiger partial charge in [-0.05, 0) is 25.5 Å². The number of nitrogens with two attached hydrogens (primary N) is 1. The van der Waals surface area contributed by atoms with Crippen molar-refractivity contribution in [3.8, 4) is 0 Å². The van der Waals surface area contributed by atoms with E-state index in [2.05, 4.69) is 0 Å². The van der Waals surface area contributed by atoms with E-state index in [4.69, 9.17) is 5.73 Å². The van der Waals surface area contributed by atoms with Crippen LogP contribution in [0.5, 0.6) is 0 Å². The molecule has 0 saturated heterocycles. The van der Waals surface area contributed by atoms with Gasteiger partial charge in [0.25, 0.3) is 0 Å². The number of unbranched alkanes of at least 4 members (excludes halogenated alkanes) is 1. The van der Waals surface area contributed by atoms with Crippen molar-refractivity contribution in [2.24, 2.45) is 5.73 Å². The van der Waals surface area contributed by atoms with Crippen LogP contribution >= 0.6 is 0 Å². The zero-order chi connectivity index (χ0) is 8.74. The second-order valence-corrected chi connectivity index (χ2v) is 3.16. The lowest BCUT2D eigenvalue weighted by molar-refractivity contribution is -0.833. The summed E-state index contributed by atoms with van der Waals surface area (Å²) in [6, 6.07) is 0. The molecule has 0 bridgehead atoms. The number of rotatable bonds is 5. The summed E-state index contributed by atoms with van der Waals surface area (Å²) >= 11 is 0. The van der Waals surface area contributed by atoms with Gasteiger partial charge in [0.1, 0.15) is 0 Å². The van der Waals surface area contributed by atoms with Crippen LogP contribution in [0.3, 0.4) is 0 Å². The second-order valence-electron chi connectivity index (χ2n) is 3.16. The summed E-state index contributed by atoms with van der Waals surface area (Å²) in [5, 5.41) is 11.0. The molecule has 3 nitrogen and oxygen atoms in total. The summed E-state index contributed by atoms with van der Waals surface area (Å²) < 4.78 is -0.251. The van der Waals surface area contributed by atoms with E-state index in [0.29, 0.717) is 6.54 Å². The van der Waals surface area contributed by atoms with E-state index in [1.165, 1.54) is 0 Å². The molecule has 0 heterocycles. The van der Waals surface area contributed by atoms with Crippen molar-refractivity contribution in [1.82, 2.24) is 0 Å². The van der Waals surface area contributed by atoms with Crippen LogP contribution in [0.15, 0.2) is 12.2 Å². The van der Waals surface area contributed by atoms with Crippen LogP contribution < -0.4 is 5.73 Å². The molecule has 0 spiro atoms. The molecule has 0 atom stereocenters. The molecule has 3 heteroatoms. The van der Waals surface area contributed by atoms with Crippen molar-refractivity contribution < 1.29 is 4.65 Å². The van der Waals surface area contributed by atoms with Crippen LogP contribution in [0.2, 0.25) is 0 Å². The van der Waals surface area contributed by atoms with Crippen LogP contribution in [0.25, 0.3) is 0 Å². The monoisotopic (exact) mass is 158 g/mol. The van der Waals surface area contributed by atoms with E-state index in [0.717, 1.165) is 19.4 Å². The molecule has 2 N–H and O–H groups in total. The zero-order valence-corrected chi connectivity index (χ0v) is 7.42. The summed E-state index contributed by atoms with van der Waals surface area (Å²) in [5.74, 6) is 0. The van der Waals surface area contributed by atoms with Crippen LogP contribution in [-0.2, 0) is 0 Å². The first-order chi connectivity index (χ1) is 5.06. The maximum atomic E-state index is 11.0. The molecular weight excluding hydrogens is 140 g/mol. The number of nitrogens with zero attached hydrogens (tertiary/aromatic N) is 1. The summed E-state index contributed by atoms with van der Waals surface area (Å²) in [6.45, 7) is 1.27. The van der Waals surface area contributed by atoms with Crippen molar-refractivity contribution in [2.45, 2.75) is 12.8 Å². The first kappa shape index (κ1) is 10.6. The van der Waals surface area contributed by atoms with Crippen LogP contribution in [0, 0.1) is 5.21 Å². The standard InChI is InChI=1S/C8H18N2O/c1-10(2,11)8-6-4-3-5-7-9/h4,6H,3,5,7-9H2,1-2H3. The third-order valence-corrected chi connectivity index (χ3v) is 1.29. The molecular formula is C8H18N2O. The Morgan fingerprint density at radius 2 is 2.00 bits per heavy atom. The highest BCUT2D eigenvalue weighted by Crippen LogP contribution is 1.94. The third kappa shape index (κ3) is 9.62. The molecule has 0 aliphatic rings. The minimum Gasteiger partial charge on any atom is -0.633 e. The van der Waals surface area contributed by atoms with E-state index in [1.54, 1.807) is 14.1 Å². The van der Waals surface area contributed by atoms with Crippen LogP contribution in [0.1, 0.15) is 12.8 Å². The lowest BCUT2D eigenvalue weighted by Crippen LogP contribution is -2.31. The Kier molecular flexibility index (Phi) is 5.11. The van der Waals surface area contributed by atoms with Gasteiger partial charge in [0.2, 0.25) is 0 Å². The van der Waals surface area contributed by atoms with Gasteiger partial charge in [-0.1, -0.05) is 6.08 Å². The summed E-state index contributed by atoms with van der Waals surface area (Å²) in [6.07, 6.45) is 5.92. The zero-order valence-electron chi connectivity index (χ0n) is 7.42. The largest absolute Gasteiger partial charge is 0.633 e. The summed E-state index contributed by atoms with van der Waals surface area (Å²) in [7, 11) is 3.26. The Morgan fingerprint density at radius 1 is 1.36 bits per heavy atom. The highest BCUT2D eigenvalue weighted by atomic mass is 16.5. The molecule has 66 valence electrons. The molecule has 0 unspecified atom stereocenters.